The number of nitrogens with one attached hydrogen (secondary N) is 3. The van der Waals surface area contributed by atoms with Crippen molar-refractivity contribution in [3.8, 4) is 11.5 Å². The molecule has 2 saturated heterocycles. The molecule has 4 heterocycles. The summed E-state index contributed by atoms with van der Waals surface area (Å²) in [5.74, 6) is 2.00. The first-order valence-electron chi connectivity index (χ1n) is 21.7. The van der Waals surface area contributed by atoms with E-state index in [1.807, 2.05) is 67.6 Å². The molecule has 0 atom stereocenters. The number of carbonyl (C=O) groups is 2. The summed E-state index contributed by atoms with van der Waals surface area (Å²) in [6.45, 7) is 9.86. The lowest BCUT2D eigenvalue weighted by Gasteiger charge is -2.36. The van der Waals surface area contributed by atoms with Gasteiger partial charge in [-0.15, -0.1) is 13.2 Å². The van der Waals surface area contributed by atoms with Gasteiger partial charge in [-0.1, -0.05) is 28.1 Å². The molecule has 0 aliphatic carbocycles. The van der Waals surface area contributed by atoms with Crippen LogP contribution in [0.5, 0.6) is 11.5 Å². The van der Waals surface area contributed by atoms with Crippen LogP contribution in [0.2, 0.25) is 0 Å². The lowest BCUT2D eigenvalue weighted by atomic mass is 10.0. The van der Waals surface area contributed by atoms with E-state index < -0.39 is 6.36 Å². The largest absolute Gasteiger partial charge is 0.573 e. The number of halogens is 4. The molecule has 65 heavy (non-hydrogen) atoms. The Balaban J connectivity index is 0.000000194. The Morgan fingerprint density at radius 3 is 1.80 bits per heavy atom. The first-order valence-corrected chi connectivity index (χ1v) is 22.5. The lowest BCUT2D eigenvalue weighted by molar-refractivity contribution is -0.274. The van der Waals surface area contributed by atoms with Gasteiger partial charge in [-0.2, -0.15) is 0 Å². The van der Waals surface area contributed by atoms with Crippen molar-refractivity contribution in [1.82, 2.24) is 20.2 Å². The number of piperazine rings is 1. The molecule has 16 heteroatoms. The quantitative estimate of drug-likeness (QED) is 0.109. The van der Waals surface area contributed by atoms with Crippen LogP contribution in [0.3, 0.4) is 0 Å². The van der Waals surface area contributed by atoms with Crippen LogP contribution < -0.4 is 35.2 Å². The zero-order valence-corrected chi connectivity index (χ0v) is 38.6. The zero-order valence-electron chi connectivity index (χ0n) is 37.0. The number of ether oxygens (including phenoxy) is 2. The Morgan fingerprint density at radius 1 is 0.738 bits per heavy atom. The zero-order chi connectivity index (χ0) is 46.1. The van der Waals surface area contributed by atoms with Crippen LogP contribution in [0, 0.1) is 13.8 Å². The Labute approximate surface area is 385 Å². The van der Waals surface area contributed by atoms with Gasteiger partial charge in [0.1, 0.15) is 23.1 Å². The normalized spacial score (nSPS) is 14.5. The van der Waals surface area contributed by atoms with Gasteiger partial charge in [0.15, 0.2) is 6.61 Å². The van der Waals surface area contributed by atoms with Crippen molar-refractivity contribution in [3.63, 3.8) is 0 Å². The second-order valence-corrected chi connectivity index (χ2v) is 17.4. The molecule has 2 fully saturated rings. The third-order valence-electron chi connectivity index (χ3n) is 11.5. The molecule has 0 saturated carbocycles. The molecular weight excluding hydrogens is 901 g/mol. The smallest absolute Gasteiger partial charge is 0.484 e. The van der Waals surface area contributed by atoms with E-state index in [1.54, 1.807) is 0 Å². The maximum absolute atomic E-state index is 12.4. The standard InChI is InChI=1S/C25H29BrN4O2.C24H25F3N4O2/c1-17-14-24(30-12-10-20(11-13-30)29(2)3)28-23-9-6-19(15-22(17)23)27-25(31)16-32-21-7-4-18(26)5-8-21;1-16-14-22(31-12-10-28-11-13-31)30-21-8-5-18(15-20(16)21)29-23(32)9-4-17-2-6-19(7-3-17)33-24(25,26)27/h4-9,14-15,20H,10-13,16H2,1-3H3,(H,27,31);2-3,5-8,14-15,28H,4,9-13H2,1H3,(H,29,32). The highest BCUT2D eigenvalue weighted by atomic mass is 79.9. The number of carbonyl (C=O) groups excluding carboxylic acids is 2. The number of hydrogen-bond acceptors (Lipinski definition) is 10. The Hall–Kier alpha value is -5.97. The molecule has 0 spiro atoms. The number of aryl methyl sites for hydroxylation is 3. The van der Waals surface area contributed by atoms with Crippen molar-refractivity contribution >= 4 is 72.6 Å². The fraction of sp³-hybridized carbons (Fsp3) is 0.347. The van der Waals surface area contributed by atoms with Crippen molar-refractivity contribution in [1.29, 1.82) is 0 Å². The number of amides is 2. The van der Waals surface area contributed by atoms with Gasteiger partial charge >= 0.3 is 6.36 Å². The maximum Gasteiger partial charge on any atom is 0.573 e. The van der Waals surface area contributed by atoms with Crippen LogP contribution in [0.4, 0.5) is 36.2 Å². The summed E-state index contributed by atoms with van der Waals surface area (Å²) >= 11 is 3.39. The van der Waals surface area contributed by atoms with E-state index in [0.29, 0.717) is 23.9 Å². The predicted octanol–water partition coefficient (Wildman–Crippen LogP) is 9.28. The lowest BCUT2D eigenvalue weighted by Crippen LogP contribution is -2.43. The van der Waals surface area contributed by atoms with Crippen LogP contribution in [-0.4, -0.2) is 99.1 Å². The molecule has 6 aromatic rings. The van der Waals surface area contributed by atoms with E-state index >= 15 is 0 Å². The molecule has 3 N–H and O–H groups in total. The maximum atomic E-state index is 12.4. The second-order valence-electron chi connectivity index (χ2n) is 16.5. The first kappa shape index (κ1) is 47.0. The average molecular weight is 956 g/mol. The Morgan fingerprint density at radius 2 is 1.26 bits per heavy atom. The second kappa shape index (κ2) is 21.3. The van der Waals surface area contributed by atoms with Crippen LogP contribution in [0.15, 0.2) is 102 Å². The number of nitrogens with zero attached hydrogens (tertiary/aromatic N) is 5. The molecular formula is C49H54BrF3N8O4. The van der Waals surface area contributed by atoms with Gasteiger partial charge in [0, 0.05) is 78.4 Å². The molecule has 8 rings (SSSR count). The van der Waals surface area contributed by atoms with Crippen LogP contribution >= 0.6 is 15.9 Å². The van der Waals surface area contributed by atoms with Crippen molar-refractivity contribution in [2.45, 2.75) is 51.9 Å². The van der Waals surface area contributed by atoms with Crippen LogP contribution in [-0.2, 0) is 16.0 Å². The molecule has 2 aromatic heterocycles. The number of pyridine rings is 2. The Bertz CT molecular complexity index is 2580. The number of fused-ring (bicyclic) bond motifs is 2. The third kappa shape index (κ3) is 13.3. The number of benzene rings is 4. The van der Waals surface area contributed by atoms with E-state index in [2.05, 4.69) is 84.5 Å². The number of alkyl halides is 3. The van der Waals surface area contributed by atoms with Gasteiger partial charge in [0.2, 0.25) is 5.91 Å². The summed E-state index contributed by atoms with van der Waals surface area (Å²) < 4.78 is 47.1. The number of rotatable bonds is 12. The van der Waals surface area contributed by atoms with E-state index in [9.17, 15) is 22.8 Å². The Kier molecular flexibility index (Phi) is 15.4. The SMILES string of the molecule is Cc1cc(N2CCC(N(C)C)CC2)nc2ccc(NC(=O)COc3ccc(Br)cc3)cc12.Cc1cc(N2CCNCC2)nc2ccc(NC(=O)CCc3ccc(OC(F)(F)F)cc3)cc12. The first-order chi connectivity index (χ1) is 31.2. The molecule has 2 amide bonds. The number of anilines is 4. The summed E-state index contributed by atoms with van der Waals surface area (Å²) in [5, 5.41) is 11.2. The molecule has 2 aliphatic rings. The van der Waals surface area contributed by atoms with Crippen molar-refractivity contribution in [2.75, 3.05) is 80.4 Å². The van der Waals surface area contributed by atoms with Crippen molar-refractivity contribution in [2.24, 2.45) is 0 Å². The van der Waals surface area contributed by atoms with Crippen LogP contribution in [0.25, 0.3) is 21.8 Å². The molecule has 2 aliphatic heterocycles. The molecule has 0 bridgehead atoms. The van der Waals surface area contributed by atoms with Gasteiger partial charge < -0.3 is 40.1 Å². The molecule has 0 radical (unpaired) electrons. The molecule has 4 aromatic carbocycles. The number of aromatic nitrogens is 2. The fourth-order valence-electron chi connectivity index (χ4n) is 7.95. The van der Waals surface area contributed by atoms with E-state index in [1.165, 1.54) is 24.3 Å². The van der Waals surface area contributed by atoms with Gasteiger partial charge in [-0.05, 0) is 149 Å². The van der Waals surface area contributed by atoms with Crippen molar-refractivity contribution < 1.29 is 32.2 Å². The molecule has 342 valence electrons. The van der Waals surface area contributed by atoms with Gasteiger partial charge in [-0.3, -0.25) is 9.59 Å². The summed E-state index contributed by atoms with van der Waals surface area (Å²) in [4.78, 5) is 41.4. The third-order valence-corrected chi connectivity index (χ3v) is 12.0. The van der Waals surface area contributed by atoms with Crippen molar-refractivity contribution in [3.05, 3.63) is 118 Å². The van der Waals surface area contributed by atoms with E-state index in [-0.39, 0.29) is 30.6 Å². The van der Waals surface area contributed by atoms with Gasteiger partial charge in [0.25, 0.3) is 5.91 Å². The highest BCUT2D eigenvalue weighted by molar-refractivity contribution is 9.10. The van der Waals surface area contributed by atoms with Gasteiger partial charge in [0.05, 0.1) is 11.0 Å². The summed E-state index contributed by atoms with van der Waals surface area (Å²) in [5.41, 5.74) is 6.24. The minimum Gasteiger partial charge on any atom is -0.484 e. The van der Waals surface area contributed by atoms with E-state index in [0.717, 1.165) is 112 Å². The summed E-state index contributed by atoms with van der Waals surface area (Å²) in [6, 6.07) is 29.3. The summed E-state index contributed by atoms with van der Waals surface area (Å²) in [6.07, 6.45) is -1.81. The molecule has 12 nitrogen and oxygen atoms in total. The van der Waals surface area contributed by atoms with Crippen LogP contribution in [0.1, 0.15) is 36.0 Å². The fourth-order valence-corrected chi connectivity index (χ4v) is 8.22. The van der Waals surface area contributed by atoms with Gasteiger partial charge in [-0.25, -0.2) is 9.97 Å². The highest BCUT2D eigenvalue weighted by Crippen LogP contribution is 2.29. The highest BCUT2D eigenvalue weighted by Gasteiger charge is 2.31. The minimum atomic E-state index is -4.72. The topological polar surface area (TPSA) is 124 Å². The van der Waals surface area contributed by atoms with E-state index in [4.69, 9.17) is 14.7 Å². The molecule has 0 unspecified atom stereocenters. The minimum absolute atomic E-state index is 0.0429. The predicted molar refractivity (Wildman–Crippen MR) is 255 cm³/mol. The average Bonchev–Trinajstić information content (AvgIpc) is 3.29. The number of hydrogen-bond donors (Lipinski definition) is 3. The number of piperidine rings is 1. The summed E-state index contributed by atoms with van der Waals surface area (Å²) in [7, 11) is 4.31. The monoisotopic (exact) mass is 954 g/mol.